The van der Waals surface area contributed by atoms with Gasteiger partial charge in [-0.2, -0.15) is 0 Å². The molecule has 2 nitrogen and oxygen atoms in total. The van der Waals surface area contributed by atoms with Crippen LogP contribution >= 0.6 is 0 Å². The molecule has 0 aliphatic rings. The fourth-order valence-electron chi connectivity index (χ4n) is 0.131. The van der Waals surface area contributed by atoms with Crippen molar-refractivity contribution in [1.82, 2.24) is 0 Å². The standard InChI is InChI=1S/C4H8O2/c1-2-3-4-6-5/h2,5H,1,3-4H2/p-1. The predicted octanol–water partition coefficient (Wildman–Crippen LogP) is -0.146. The highest BCUT2D eigenvalue weighted by atomic mass is 17.1. The maximum absolute atomic E-state index is 9.14. The Hall–Kier alpha value is -0.340. The van der Waals surface area contributed by atoms with Crippen LogP contribution in [0.2, 0.25) is 0 Å². The second kappa shape index (κ2) is 4.66. The lowest BCUT2D eigenvalue weighted by molar-refractivity contribution is -0.689. The van der Waals surface area contributed by atoms with Gasteiger partial charge in [0.05, 0.1) is 0 Å². The third-order valence-electron chi connectivity index (χ3n) is 0.405. The maximum Gasteiger partial charge on any atom is 0.0375 e. The van der Waals surface area contributed by atoms with Crippen LogP contribution in [0.5, 0.6) is 0 Å². The van der Waals surface area contributed by atoms with E-state index in [-0.39, 0.29) is 6.61 Å². The lowest BCUT2D eigenvalue weighted by Gasteiger charge is -2.00. The van der Waals surface area contributed by atoms with Gasteiger partial charge in [-0.15, -0.1) is 6.58 Å². The van der Waals surface area contributed by atoms with E-state index < -0.39 is 0 Å². The van der Waals surface area contributed by atoms with Gasteiger partial charge < -0.3 is 10.1 Å². The molecule has 0 aromatic carbocycles. The van der Waals surface area contributed by atoms with Crippen LogP contribution in [0.15, 0.2) is 12.7 Å². The average Bonchev–Trinajstić information content (AvgIpc) is 1.61. The fourth-order valence-corrected chi connectivity index (χ4v) is 0.131. The van der Waals surface area contributed by atoms with Crippen LogP contribution in [0.1, 0.15) is 6.42 Å². The first kappa shape index (κ1) is 5.66. The first-order valence-electron chi connectivity index (χ1n) is 1.77. The molecule has 0 radical (unpaired) electrons. The number of hydrogen-bond acceptors (Lipinski definition) is 2. The van der Waals surface area contributed by atoms with E-state index in [1.807, 2.05) is 0 Å². The minimum absolute atomic E-state index is 0.240. The Balaban J connectivity index is 2.49. The topological polar surface area (TPSA) is 32.3 Å². The lowest BCUT2D eigenvalue weighted by atomic mass is 10.5. The highest BCUT2D eigenvalue weighted by molar-refractivity contribution is 4.63. The van der Waals surface area contributed by atoms with E-state index in [4.69, 9.17) is 5.26 Å². The molecule has 0 rings (SSSR count). The summed E-state index contributed by atoms with van der Waals surface area (Å²) in [5.74, 6) is 0. The summed E-state index contributed by atoms with van der Waals surface area (Å²) in [4.78, 5) is 3.46. The van der Waals surface area contributed by atoms with E-state index >= 15 is 0 Å². The van der Waals surface area contributed by atoms with Crippen molar-refractivity contribution in [2.24, 2.45) is 0 Å². The second-order valence-corrected chi connectivity index (χ2v) is 0.899. The zero-order valence-electron chi connectivity index (χ0n) is 3.52. The molecular formula is C4H7O2-. The SMILES string of the molecule is C=CCCO[O-]. The fraction of sp³-hybridized carbons (Fsp3) is 0.500. The van der Waals surface area contributed by atoms with Crippen molar-refractivity contribution in [1.29, 1.82) is 0 Å². The molecule has 0 N–H and O–H groups in total. The molecule has 0 saturated carbocycles. The molecular weight excluding hydrogens is 80.0 g/mol. The van der Waals surface area contributed by atoms with Crippen molar-refractivity contribution in [3.63, 3.8) is 0 Å². The predicted molar refractivity (Wildman–Crippen MR) is 20.8 cm³/mol. The quantitative estimate of drug-likeness (QED) is 0.207. The minimum atomic E-state index is 0.240. The van der Waals surface area contributed by atoms with Gasteiger partial charge in [-0.25, -0.2) is 0 Å². The Kier molecular flexibility index (Phi) is 4.40. The smallest absolute Gasteiger partial charge is 0.0375 e. The van der Waals surface area contributed by atoms with Crippen LogP contribution in [0.25, 0.3) is 0 Å². The van der Waals surface area contributed by atoms with Gasteiger partial charge in [0.1, 0.15) is 0 Å². The van der Waals surface area contributed by atoms with Gasteiger partial charge in [0, 0.05) is 6.61 Å². The molecule has 2 heteroatoms. The summed E-state index contributed by atoms with van der Waals surface area (Å²) in [6, 6.07) is 0. The monoisotopic (exact) mass is 87.0 g/mol. The van der Waals surface area contributed by atoms with E-state index in [9.17, 15) is 0 Å². The van der Waals surface area contributed by atoms with Gasteiger partial charge >= 0.3 is 0 Å². The van der Waals surface area contributed by atoms with Crippen molar-refractivity contribution in [2.45, 2.75) is 6.42 Å². The maximum atomic E-state index is 9.14. The van der Waals surface area contributed by atoms with Crippen LogP contribution in [0, 0.1) is 0 Å². The average molecular weight is 87.1 g/mol. The summed E-state index contributed by atoms with van der Waals surface area (Å²) in [7, 11) is 0. The summed E-state index contributed by atoms with van der Waals surface area (Å²) in [5, 5.41) is 9.14. The molecule has 0 saturated heterocycles. The van der Waals surface area contributed by atoms with Gasteiger partial charge in [0.15, 0.2) is 0 Å². The Labute approximate surface area is 37.0 Å². The van der Waals surface area contributed by atoms with E-state index in [0.717, 1.165) is 0 Å². The Morgan fingerprint density at radius 3 is 2.67 bits per heavy atom. The molecule has 0 unspecified atom stereocenters. The van der Waals surface area contributed by atoms with Crippen LogP contribution < -0.4 is 5.26 Å². The molecule has 0 aromatic rings. The Morgan fingerprint density at radius 2 is 2.50 bits per heavy atom. The van der Waals surface area contributed by atoms with Crippen LogP contribution in [-0.4, -0.2) is 6.61 Å². The summed E-state index contributed by atoms with van der Waals surface area (Å²) in [5.41, 5.74) is 0. The minimum Gasteiger partial charge on any atom is -0.723 e. The Bertz CT molecular complexity index is 34.5. The summed E-state index contributed by atoms with van der Waals surface area (Å²) >= 11 is 0. The summed E-state index contributed by atoms with van der Waals surface area (Å²) in [6.07, 6.45) is 2.28. The van der Waals surface area contributed by atoms with Gasteiger partial charge in [-0.3, -0.25) is 0 Å². The third kappa shape index (κ3) is 3.66. The van der Waals surface area contributed by atoms with Gasteiger partial charge in [0.2, 0.25) is 0 Å². The normalized spacial score (nSPS) is 8.17. The molecule has 0 aliphatic heterocycles. The van der Waals surface area contributed by atoms with Crippen LogP contribution in [0.3, 0.4) is 0 Å². The highest BCUT2D eigenvalue weighted by Crippen LogP contribution is 1.74. The van der Waals surface area contributed by atoms with Crippen molar-refractivity contribution in [3.8, 4) is 0 Å². The highest BCUT2D eigenvalue weighted by Gasteiger charge is 1.65. The van der Waals surface area contributed by atoms with Crippen LogP contribution in [0.4, 0.5) is 0 Å². The van der Waals surface area contributed by atoms with Gasteiger partial charge in [-0.05, 0) is 6.42 Å². The molecule has 0 aliphatic carbocycles. The molecule has 0 aromatic heterocycles. The molecule has 0 heterocycles. The van der Waals surface area contributed by atoms with Crippen molar-refractivity contribution in [2.75, 3.05) is 6.61 Å². The molecule has 36 valence electrons. The first-order chi connectivity index (χ1) is 2.91. The zero-order valence-corrected chi connectivity index (χ0v) is 3.52. The number of hydrogen-bond donors (Lipinski definition) is 0. The Morgan fingerprint density at radius 1 is 1.83 bits per heavy atom. The summed E-state index contributed by atoms with van der Waals surface area (Å²) in [6.45, 7) is 3.62. The van der Waals surface area contributed by atoms with E-state index in [0.29, 0.717) is 6.42 Å². The summed E-state index contributed by atoms with van der Waals surface area (Å²) < 4.78 is 0. The first-order valence-corrected chi connectivity index (χ1v) is 1.77. The molecule has 0 bridgehead atoms. The third-order valence-corrected chi connectivity index (χ3v) is 0.405. The van der Waals surface area contributed by atoms with Crippen molar-refractivity contribution >= 4 is 0 Å². The number of rotatable bonds is 3. The van der Waals surface area contributed by atoms with E-state index in [1.54, 1.807) is 6.08 Å². The molecule has 0 atom stereocenters. The van der Waals surface area contributed by atoms with Crippen molar-refractivity contribution < 1.29 is 10.1 Å². The molecule has 0 spiro atoms. The largest absolute Gasteiger partial charge is 0.723 e. The van der Waals surface area contributed by atoms with Crippen LogP contribution in [-0.2, 0) is 4.89 Å². The van der Waals surface area contributed by atoms with Crippen molar-refractivity contribution in [3.05, 3.63) is 12.7 Å². The molecule has 6 heavy (non-hydrogen) atoms. The van der Waals surface area contributed by atoms with E-state index in [1.165, 1.54) is 0 Å². The lowest BCUT2D eigenvalue weighted by Crippen LogP contribution is -2.04. The second-order valence-electron chi connectivity index (χ2n) is 0.899. The molecule has 0 fully saturated rings. The van der Waals surface area contributed by atoms with Gasteiger partial charge in [-0.1, -0.05) is 6.08 Å². The van der Waals surface area contributed by atoms with Gasteiger partial charge in [0.25, 0.3) is 0 Å². The van der Waals surface area contributed by atoms with E-state index in [2.05, 4.69) is 11.5 Å². The molecule has 0 amide bonds. The zero-order chi connectivity index (χ0) is 4.83.